The van der Waals surface area contributed by atoms with Gasteiger partial charge in [-0.3, -0.25) is 0 Å². The van der Waals surface area contributed by atoms with E-state index in [1.807, 2.05) is 0 Å². The van der Waals surface area contributed by atoms with Crippen LogP contribution in [0.1, 0.15) is 32.6 Å². The van der Waals surface area contributed by atoms with E-state index in [9.17, 15) is 4.39 Å². The number of alkyl halides is 1. The molecule has 0 bridgehead atoms. The van der Waals surface area contributed by atoms with Gasteiger partial charge in [-0.05, 0) is 50.4 Å². The highest BCUT2D eigenvalue weighted by atomic mass is 18.2. The minimum atomic E-state index is -0.345. The monoisotopic (exact) mass is 211 g/mol. The molecule has 1 saturated carbocycles. The highest BCUT2D eigenvalue weighted by molar-refractivity contribution is 5.06. The van der Waals surface area contributed by atoms with E-state index in [1.165, 1.54) is 25.7 Å². The third kappa shape index (κ3) is 2.81. The van der Waals surface area contributed by atoms with Crippen molar-refractivity contribution in [1.82, 2.24) is 0 Å². The van der Waals surface area contributed by atoms with Crippen LogP contribution in [-0.2, 0) is 4.74 Å². The number of rotatable bonds is 4. The van der Waals surface area contributed by atoms with E-state index in [4.69, 9.17) is 4.74 Å². The third-order valence-electron chi connectivity index (χ3n) is 3.91. The summed E-state index contributed by atoms with van der Waals surface area (Å²) in [6.07, 6.45) is 7.49. The Morgan fingerprint density at radius 1 is 1.40 bits per heavy atom. The van der Waals surface area contributed by atoms with Crippen LogP contribution in [0.15, 0.2) is 11.6 Å². The summed E-state index contributed by atoms with van der Waals surface area (Å²) in [4.78, 5) is 0. The van der Waals surface area contributed by atoms with Crippen molar-refractivity contribution < 1.29 is 9.13 Å². The van der Waals surface area contributed by atoms with Gasteiger partial charge in [-0.2, -0.15) is 0 Å². The summed E-state index contributed by atoms with van der Waals surface area (Å²) in [5, 5.41) is 0. The number of fused-ring (bicyclic) bond motifs is 1. The molecule has 0 N–H and O–H groups in total. The molecule has 0 aromatic heterocycles. The van der Waals surface area contributed by atoms with E-state index < -0.39 is 0 Å². The minimum Gasteiger partial charge on any atom is -0.378 e. The molecule has 0 unspecified atom stereocenters. The molecular formula is C13H21FO. The fraction of sp³-hybridized carbons (Fsp3) is 0.846. The summed E-state index contributed by atoms with van der Waals surface area (Å²) in [6, 6.07) is 0. The number of halogens is 1. The van der Waals surface area contributed by atoms with Gasteiger partial charge in [0.15, 0.2) is 0 Å². The molecule has 2 heteroatoms. The predicted octanol–water partition coefficient (Wildman–Crippen LogP) is 3.36. The Morgan fingerprint density at radius 3 is 3.00 bits per heavy atom. The molecule has 2 aliphatic rings. The van der Waals surface area contributed by atoms with Crippen LogP contribution >= 0.6 is 0 Å². The van der Waals surface area contributed by atoms with Gasteiger partial charge < -0.3 is 4.74 Å². The molecule has 0 aliphatic heterocycles. The molecule has 2 rings (SSSR count). The van der Waals surface area contributed by atoms with Gasteiger partial charge in [-0.1, -0.05) is 11.6 Å². The molecule has 86 valence electrons. The van der Waals surface area contributed by atoms with Crippen LogP contribution in [0.4, 0.5) is 4.39 Å². The summed E-state index contributed by atoms with van der Waals surface area (Å²) >= 11 is 0. The molecule has 0 amide bonds. The molecule has 2 aliphatic carbocycles. The molecule has 0 radical (unpaired) electrons. The highest BCUT2D eigenvalue weighted by Crippen LogP contribution is 2.53. The number of hydrogen-bond acceptors (Lipinski definition) is 1. The molecule has 1 nitrogen and oxygen atoms in total. The highest BCUT2D eigenvalue weighted by Gasteiger charge is 2.48. The van der Waals surface area contributed by atoms with E-state index in [0.717, 1.165) is 24.4 Å². The fourth-order valence-corrected chi connectivity index (χ4v) is 2.92. The Kier molecular flexibility index (Phi) is 3.79. The Labute approximate surface area is 91.7 Å². The molecule has 15 heavy (non-hydrogen) atoms. The first-order valence-electron chi connectivity index (χ1n) is 6.12. The van der Waals surface area contributed by atoms with Crippen molar-refractivity contribution in [3.8, 4) is 0 Å². The summed E-state index contributed by atoms with van der Waals surface area (Å²) in [7, 11) is 0. The molecule has 0 heterocycles. The predicted molar refractivity (Wildman–Crippen MR) is 59.5 cm³/mol. The van der Waals surface area contributed by atoms with Crippen LogP contribution < -0.4 is 0 Å². The smallest absolute Gasteiger partial charge is 0.113 e. The van der Waals surface area contributed by atoms with Gasteiger partial charge >= 0.3 is 0 Å². The fourth-order valence-electron chi connectivity index (χ4n) is 2.92. The SMILES string of the molecule is C/C1=C\CC[C@@H]2[C@H](CC1)[C@H]2COCC[18F]. The molecular weight excluding hydrogens is 190 g/mol. The maximum absolute atomic E-state index is 11.9. The van der Waals surface area contributed by atoms with Crippen LogP contribution in [0, 0.1) is 17.8 Å². The molecule has 0 saturated heterocycles. The maximum Gasteiger partial charge on any atom is 0.113 e. The largest absolute Gasteiger partial charge is 0.378 e. The van der Waals surface area contributed by atoms with Crippen molar-refractivity contribution in [2.45, 2.75) is 32.6 Å². The zero-order valence-corrected chi connectivity index (χ0v) is 9.55. The lowest BCUT2D eigenvalue weighted by Gasteiger charge is -2.05. The molecule has 0 aromatic carbocycles. The van der Waals surface area contributed by atoms with Crippen LogP contribution in [-0.4, -0.2) is 19.9 Å². The van der Waals surface area contributed by atoms with E-state index in [0.29, 0.717) is 0 Å². The van der Waals surface area contributed by atoms with Crippen molar-refractivity contribution >= 4 is 0 Å². The molecule has 0 aromatic rings. The van der Waals surface area contributed by atoms with Gasteiger partial charge in [0.1, 0.15) is 6.67 Å². The maximum atomic E-state index is 11.9. The third-order valence-corrected chi connectivity index (χ3v) is 3.91. The van der Waals surface area contributed by atoms with E-state index in [-0.39, 0.29) is 13.3 Å². The second-order valence-corrected chi connectivity index (χ2v) is 4.92. The standard InChI is InChI=1S/C13H21FO/c1-10-3-2-4-11-12(6-5-10)13(11)9-15-8-7-14/h3,11-13H,2,4-9H2,1H3/b10-3+/t11-,12+,13+/m1/s1/i14-1. The van der Waals surface area contributed by atoms with Gasteiger partial charge in [0, 0.05) is 0 Å². The first-order chi connectivity index (χ1) is 7.33. The number of ether oxygens (including phenoxy) is 1. The lowest BCUT2D eigenvalue weighted by molar-refractivity contribution is 0.104. The van der Waals surface area contributed by atoms with Crippen molar-refractivity contribution in [1.29, 1.82) is 0 Å². The first kappa shape index (κ1) is 11.1. The van der Waals surface area contributed by atoms with Gasteiger partial charge in [-0.15, -0.1) is 0 Å². The molecule has 3 atom stereocenters. The van der Waals surface area contributed by atoms with Crippen molar-refractivity contribution in [2.24, 2.45) is 17.8 Å². The summed E-state index contributed by atoms with van der Waals surface area (Å²) in [5.74, 6) is 2.47. The minimum absolute atomic E-state index is 0.285. The second kappa shape index (κ2) is 5.11. The van der Waals surface area contributed by atoms with E-state index in [2.05, 4.69) is 13.0 Å². The van der Waals surface area contributed by atoms with Crippen LogP contribution in [0.5, 0.6) is 0 Å². The van der Waals surface area contributed by atoms with Gasteiger partial charge in [0.2, 0.25) is 0 Å². The Balaban J connectivity index is 1.74. The number of hydrogen-bond donors (Lipinski definition) is 0. The van der Waals surface area contributed by atoms with Crippen molar-refractivity contribution in [3.63, 3.8) is 0 Å². The Morgan fingerprint density at radius 2 is 2.20 bits per heavy atom. The van der Waals surface area contributed by atoms with E-state index in [1.54, 1.807) is 5.57 Å². The Hall–Kier alpha value is -0.370. The number of allylic oxidation sites excluding steroid dienone is 2. The topological polar surface area (TPSA) is 9.23 Å². The van der Waals surface area contributed by atoms with Gasteiger partial charge in [0.25, 0.3) is 0 Å². The Bertz CT molecular complexity index is 237. The van der Waals surface area contributed by atoms with Crippen LogP contribution in [0.2, 0.25) is 0 Å². The molecule has 0 spiro atoms. The summed E-state index contributed by atoms with van der Waals surface area (Å²) < 4.78 is 17.2. The van der Waals surface area contributed by atoms with Gasteiger partial charge in [-0.25, -0.2) is 4.39 Å². The quantitative estimate of drug-likeness (QED) is 0.512. The second-order valence-electron chi connectivity index (χ2n) is 4.92. The van der Waals surface area contributed by atoms with Crippen molar-refractivity contribution in [2.75, 3.05) is 19.9 Å². The van der Waals surface area contributed by atoms with Crippen molar-refractivity contribution in [3.05, 3.63) is 11.6 Å². The van der Waals surface area contributed by atoms with E-state index >= 15 is 0 Å². The lowest BCUT2D eigenvalue weighted by atomic mass is 10.0. The lowest BCUT2D eigenvalue weighted by Crippen LogP contribution is -2.01. The zero-order chi connectivity index (χ0) is 10.7. The normalized spacial score (nSPS) is 38.5. The van der Waals surface area contributed by atoms with Crippen LogP contribution in [0.3, 0.4) is 0 Å². The molecule has 1 fully saturated rings. The average Bonchev–Trinajstić information content (AvgIpc) is 2.84. The summed E-state index contributed by atoms with van der Waals surface area (Å²) in [5.41, 5.74) is 1.55. The first-order valence-corrected chi connectivity index (χ1v) is 6.12. The zero-order valence-electron chi connectivity index (χ0n) is 9.55. The summed E-state index contributed by atoms with van der Waals surface area (Å²) in [6.45, 7) is 2.96. The average molecular weight is 211 g/mol. The van der Waals surface area contributed by atoms with Gasteiger partial charge in [0.05, 0.1) is 13.2 Å². The van der Waals surface area contributed by atoms with Crippen LogP contribution in [0.25, 0.3) is 0 Å².